The third kappa shape index (κ3) is 4.96. The number of aryl methyl sites for hydroxylation is 1. The Morgan fingerprint density at radius 1 is 1.25 bits per heavy atom. The predicted octanol–water partition coefficient (Wildman–Crippen LogP) is 3.04. The highest BCUT2D eigenvalue weighted by Crippen LogP contribution is 2.28. The van der Waals surface area contributed by atoms with E-state index >= 15 is 0 Å². The number of fused-ring (bicyclic) bond motifs is 1. The molecule has 1 saturated heterocycles. The van der Waals surface area contributed by atoms with Gasteiger partial charge in [-0.1, -0.05) is 36.4 Å². The Bertz CT molecular complexity index is 603. The first-order valence-corrected chi connectivity index (χ1v) is 8.74. The van der Waals surface area contributed by atoms with Crippen molar-refractivity contribution in [3.63, 3.8) is 0 Å². The van der Waals surface area contributed by atoms with Crippen LogP contribution in [0.25, 0.3) is 0 Å². The molecular weight excluding hydrogens is 302 g/mol. The summed E-state index contributed by atoms with van der Waals surface area (Å²) in [6.07, 6.45) is 11.6. The van der Waals surface area contributed by atoms with Gasteiger partial charge in [-0.25, -0.2) is 0 Å². The second kappa shape index (κ2) is 8.69. The molecule has 1 aromatic rings. The van der Waals surface area contributed by atoms with E-state index in [9.17, 15) is 4.79 Å². The zero-order valence-corrected chi connectivity index (χ0v) is 13.9. The summed E-state index contributed by atoms with van der Waals surface area (Å²) in [5, 5.41) is 2.91. The maximum atomic E-state index is 11.7. The lowest BCUT2D eigenvalue weighted by atomic mass is 10.0. The van der Waals surface area contributed by atoms with Crippen molar-refractivity contribution in [2.24, 2.45) is 5.92 Å². The molecule has 4 nitrogen and oxygen atoms in total. The lowest BCUT2D eigenvalue weighted by molar-refractivity contribution is -0.116. The van der Waals surface area contributed by atoms with Crippen LogP contribution in [-0.4, -0.2) is 31.8 Å². The summed E-state index contributed by atoms with van der Waals surface area (Å²) in [5.41, 5.74) is 1.29. The number of rotatable bonds is 6. The van der Waals surface area contributed by atoms with E-state index in [4.69, 9.17) is 9.47 Å². The lowest BCUT2D eigenvalue weighted by Gasteiger charge is -2.25. The van der Waals surface area contributed by atoms with Crippen molar-refractivity contribution < 1.29 is 14.3 Å². The minimum absolute atomic E-state index is 0.0469. The molecule has 1 amide bonds. The van der Waals surface area contributed by atoms with Crippen molar-refractivity contribution >= 4 is 5.91 Å². The summed E-state index contributed by atoms with van der Waals surface area (Å²) >= 11 is 0. The number of nitrogens with one attached hydrogen (secondary N) is 1. The molecule has 0 radical (unpaired) electrons. The van der Waals surface area contributed by atoms with Crippen LogP contribution < -0.4 is 10.1 Å². The van der Waals surface area contributed by atoms with Crippen LogP contribution in [0.3, 0.4) is 0 Å². The Morgan fingerprint density at radius 3 is 3.04 bits per heavy atom. The summed E-state index contributed by atoms with van der Waals surface area (Å²) in [6.45, 7) is 2.27. The van der Waals surface area contributed by atoms with Crippen molar-refractivity contribution in [3.8, 4) is 5.75 Å². The average Bonchev–Trinajstić information content (AvgIpc) is 3.13. The molecule has 4 heteroatoms. The van der Waals surface area contributed by atoms with Crippen LogP contribution in [-0.2, 0) is 16.0 Å². The van der Waals surface area contributed by atoms with Gasteiger partial charge in [0.15, 0.2) is 0 Å². The van der Waals surface area contributed by atoms with Gasteiger partial charge in [-0.2, -0.15) is 0 Å². The van der Waals surface area contributed by atoms with Crippen molar-refractivity contribution in [2.45, 2.75) is 31.8 Å². The normalized spacial score (nSPS) is 23.3. The molecule has 2 aliphatic heterocycles. The Balaban J connectivity index is 1.35. The summed E-state index contributed by atoms with van der Waals surface area (Å²) < 4.78 is 11.3. The van der Waals surface area contributed by atoms with Gasteiger partial charge in [-0.05, 0) is 30.9 Å². The Morgan fingerprint density at radius 2 is 2.17 bits per heavy atom. The summed E-state index contributed by atoms with van der Waals surface area (Å²) in [7, 11) is 0. The van der Waals surface area contributed by atoms with Gasteiger partial charge in [0.1, 0.15) is 11.9 Å². The number of allylic oxidation sites excluding steroid dienone is 2. The molecule has 128 valence electrons. The minimum Gasteiger partial charge on any atom is -0.490 e. The van der Waals surface area contributed by atoms with Crippen molar-refractivity contribution in [2.75, 3.05) is 19.8 Å². The van der Waals surface area contributed by atoms with Crippen LogP contribution >= 0.6 is 0 Å². The topological polar surface area (TPSA) is 47.6 Å². The fourth-order valence-electron chi connectivity index (χ4n) is 3.05. The van der Waals surface area contributed by atoms with Gasteiger partial charge in [0.05, 0.1) is 6.61 Å². The number of carbonyl (C=O) groups excluding carboxylic acids is 1. The molecular formula is C20H25NO3. The van der Waals surface area contributed by atoms with Gasteiger partial charge >= 0.3 is 0 Å². The zero-order valence-electron chi connectivity index (χ0n) is 13.9. The molecule has 0 aromatic heterocycles. The molecule has 2 aliphatic rings. The fourth-order valence-corrected chi connectivity index (χ4v) is 3.05. The van der Waals surface area contributed by atoms with E-state index in [1.807, 2.05) is 18.2 Å². The molecule has 1 aromatic carbocycles. The third-order valence-electron chi connectivity index (χ3n) is 4.48. The van der Waals surface area contributed by atoms with Gasteiger partial charge in [0.2, 0.25) is 5.91 Å². The number of para-hydroxylation sites is 1. The predicted molar refractivity (Wildman–Crippen MR) is 94.0 cm³/mol. The van der Waals surface area contributed by atoms with E-state index < -0.39 is 0 Å². The standard InChI is InChI=1S/C20H25NO3/c22-20(21-14-16-12-13-23-15-16)9-3-1-2-7-18-11-10-17-6-4-5-8-19(17)24-18/h1-6,8-9,16,18H,7,10-15H2,(H,21,22). The molecule has 0 aliphatic carbocycles. The lowest BCUT2D eigenvalue weighted by Crippen LogP contribution is -2.27. The first kappa shape index (κ1) is 16.8. The molecule has 0 saturated carbocycles. The summed E-state index contributed by atoms with van der Waals surface area (Å²) in [6, 6.07) is 8.22. The van der Waals surface area contributed by atoms with Crippen molar-refractivity contribution in [1.82, 2.24) is 5.32 Å². The highest BCUT2D eigenvalue weighted by atomic mass is 16.5. The van der Waals surface area contributed by atoms with Gasteiger partial charge in [0, 0.05) is 31.6 Å². The van der Waals surface area contributed by atoms with Crippen LogP contribution in [0.5, 0.6) is 5.75 Å². The van der Waals surface area contributed by atoms with Crippen molar-refractivity contribution in [3.05, 3.63) is 54.1 Å². The maximum absolute atomic E-state index is 11.7. The number of amides is 1. The fraction of sp³-hybridized carbons (Fsp3) is 0.450. The molecule has 2 atom stereocenters. The van der Waals surface area contributed by atoms with Crippen molar-refractivity contribution in [1.29, 1.82) is 0 Å². The van der Waals surface area contributed by atoms with E-state index in [-0.39, 0.29) is 12.0 Å². The maximum Gasteiger partial charge on any atom is 0.243 e. The summed E-state index contributed by atoms with van der Waals surface area (Å²) in [5.74, 6) is 1.42. The molecule has 3 rings (SSSR count). The summed E-state index contributed by atoms with van der Waals surface area (Å²) in [4.78, 5) is 11.7. The van der Waals surface area contributed by atoms with Gasteiger partial charge in [-0.15, -0.1) is 0 Å². The molecule has 0 spiro atoms. The smallest absolute Gasteiger partial charge is 0.243 e. The third-order valence-corrected chi connectivity index (χ3v) is 4.48. The van der Waals surface area contributed by atoms with Gasteiger partial charge in [0.25, 0.3) is 0 Å². The van der Waals surface area contributed by atoms with Gasteiger partial charge in [-0.3, -0.25) is 4.79 Å². The molecule has 1 N–H and O–H groups in total. The Kier molecular flexibility index (Phi) is 6.07. The van der Waals surface area contributed by atoms with E-state index in [1.54, 1.807) is 12.2 Å². The van der Waals surface area contributed by atoms with Crippen LogP contribution in [0.2, 0.25) is 0 Å². The van der Waals surface area contributed by atoms with Crippen LogP contribution in [0.4, 0.5) is 0 Å². The van der Waals surface area contributed by atoms with Crippen LogP contribution in [0.1, 0.15) is 24.8 Å². The SMILES string of the molecule is O=C(C=CC=CCC1CCc2ccccc2O1)NCC1CCOC1. The van der Waals surface area contributed by atoms with E-state index in [2.05, 4.69) is 23.5 Å². The first-order valence-electron chi connectivity index (χ1n) is 8.74. The molecule has 24 heavy (non-hydrogen) atoms. The van der Waals surface area contributed by atoms with Crippen LogP contribution in [0.15, 0.2) is 48.6 Å². The zero-order chi connectivity index (χ0) is 16.6. The molecule has 2 unspecified atom stereocenters. The average molecular weight is 327 g/mol. The van der Waals surface area contributed by atoms with E-state index in [0.29, 0.717) is 12.5 Å². The molecule has 1 fully saturated rings. The van der Waals surface area contributed by atoms with Crippen LogP contribution in [0, 0.1) is 5.92 Å². The quantitative estimate of drug-likeness (QED) is 0.645. The number of carbonyl (C=O) groups is 1. The largest absolute Gasteiger partial charge is 0.490 e. The highest BCUT2D eigenvalue weighted by molar-refractivity contribution is 5.87. The van der Waals surface area contributed by atoms with Gasteiger partial charge < -0.3 is 14.8 Å². The number of ether oxygens (including phenoxy) is 2. The van der Waals surface area contributed by atoms with E-state index in [0.717, 1.165) is 44.6 Å². The Hall–Kier alpha value is -2.07. The highest BCUT2D eigenvalue weighted by Gasteiger charge is 2.17. The monoisotopic (exact) mass is 327 g/mol. The first-order chi connectivity index (χ1) is 11.8. The second-order valence-electron chi connectivity index (χ2n) is 6.38. The number of hydrogen-bond acceptors (Lipinski definition) is 3. The molecule has 0 bridgehead atoms. The Labute approximate surface area is 143 Å². The minimum atomic E-state index is -0.0469. The number of benzene rings is 1. The molecule has 2 heterocycles. The number of hydrogen-bond donors (Lipinski definition) is 1. The van der Waals surface area contributed by atoms with E-state index in [1.165, 1.54) is 5.56 Å². The second-order valence-corrected chi connectivity index (χ2v) is 6.38.